The predicted molar refractivity (Wildman–Crippen MR) is 119 cm³/mol. The minimum Gasteiger partial charge on any atom is -0.373 e. The lowest BCUT2D eigenvalue weighted by Gasteiger charge is -2.28. The van der Waals surface area contributed by atoms with Gasteiger partial charge >= 0.3 is 5.69 Å². The summed E-state index contributed by atoms with van der Waals surface area (Å²) in [7, 11) is 1.64. The van der Waals surface area contributed by atoms with E-state index >= 15 is 0 Å². The number of fused-ring (bicyclic) bond motifs is 1. The van der Waals surface area contributed by atoms with Crippen molar-refractivity contribution in [1.82, 2.24) is 28.7 Å². The maximum absolute atomic E-state index is 14.8. The van der Waals surface area contributed by atoms with E-state index in [0.717, 1.165) is 30.5 Å². The molecule has 1 saturated heterocycles. The fraction of sp³-hybridized carbons (Fsp3) is 0.417. The van der Waals surface area contributed by atoms with E-state index in [4.69, 9.17) is 9.72 Å². The lowest BCUT2D eigenvalue weighted by Crippen LogP contribution is -2.23. The molecular formula is C24H24F2N6O2. The second kappa shape index (κ2) is 7.83. The summed E-state index contributed by atoms with van der Waals surface area (Å²) >= 11 is 0. The van der Waals surface area contributed by atoms with Gasteiger partial charge < -0.3 is 4.74 Å². The zero-order valence-corrected chi connectivity index (χ0v) is 18.9. The molecule has 2 fully saturated rings. The fourth-order valence-electron chi connectivity index (χ4n) is 4.67. The van der Waals surface area contributed by atoms with Crippen LogP contribution in [-0.2, 0) is 11.8 Å². The van der Waals surface area contributed by atoms with Gasteiger partial charge in [0, 0.05) is 37.4 Å². The fourth-order valence-corrected chi connectivity index (χ4v) is 4.67. The van der Waals surface area contributed by atoms with Gasteiger partial charge in [-0.15, -0.1) is 0 Å². The minimum atomic E-state index is -0.781. The van der Waals surface area contributed by atoms with Crippen molar-refractivity contribution in [2.24, 2.45) is 7.05 Å². The second-order valence-corrected chi connectivity index (χ2v) is 9.18. The molecule has 4 aromatic rings. The monoisotopic (exact) mass is 466 g/mol. The molecule has 10 heteroatoms. The molecule has 0 radical (unpaired) electrons. The molecule has 6 rings (SSSR count). The molecule has 2 aliphatic rings. The van der Waals surface area contributed by atoms with Crippen LogP contribution in [0.5, 0.6) is 0 Å². The van der Waals surface area contributed by atoms with Crippen molar-refractivity contribution >= 4 is 5.65 Å². The molecule has 176 valence electrons. The molecule has 8 nitrogen and oxygen atoms in total. The average Bonchev–Trinajstić information content (AvgIpc) is 3.53. The molecule has 1 saturated carbocycles. The van der Waals surface area contributed by atoms with Gasteiger partial charge in [-0.1, -0.05) is 0 Å². The molecule has 1 aliphatic heterocycles. The first-order valence-corrected chi connectivity index (χ1v) is 11.5. The quantitative estimate of drug-likeness (QED) is 0.457. The van der Waals surface area contributed by atoms with Crippen LogP contribution in [0.1, 0.15) is 60.8 Å². The summed E-state index contributed by atoms with van der Waals surface area (Å²) < 4.78 is 39.2. The van der Waals surface area contributed by atoms with Crippen LogP contribution in [0.4, 0.5) is 8.78 Å². The van der Waals surface area contributed by atoms with E-state index in [1.165, 1.54) is 15.0 Å². The third-order valence-electron chi connectivity index (χ3n) is 6.90. The van der Waals surface area contributed by atoms with Crippen LogP contribution in [0.2, 0.25) is 0 Å². The van der Waals surface area contributed by atoms with Gasteiger partial charge in [-0.25, -0.2) is 27.9 Å². The van der Waals surface area contributed by atoms with Crippen LogP contribution in [0.3, 0.4) is 0 Å². The smallest absolute Gasteiger partial charge is 0.335 e. The van der Waals surface area contributed by atoms with Crippen molar-refractivity contribution in [2.75, 3.05) is 6.61 Å². The van der Waals surface area contributed by atoms with E-state index in [9.17, 15) is 13.6 Å². The van der Waals surface area contributed by atoms with Gasteiger partial charge in [-0.05, 0) is 44.7 Å². The molecule has 0 N–H and O–H groups in total. The minimum absolute atomic E-state index is 0.0509. The molecule has 0 bridgehead atoms. The molecule has 0 spiro atoms. The van der Waals surface area contributed by atoms with Crippen LogP contribution < -0.4 is 5.69 Å². The van der Waals surface area contributed by atoms with Gasteiger partial charge in [0.2, 0.25) is 0 Å². The van der Waals surface area contributed by atoms with Crippen molar-refractivity contribution in [1.29, 1.82) is 0 Å². The number of aryl methyl sites for hydroxylation is 1. The van der Waals surface area contributed by atoms with Gasteiger partial charge in [0.25, 0.3) is 0 Å². The Labute approximate surface area is 193 Å². The van der Waals surface area contributed by atoms with Crippen molar-refractivity contribution in [3.63, 3.8) is 0 Å². The van der Waals surface area contributed by atoms with E-state index in [1.807, 2.05) is 10.9 Å². The summed E-state index contributed by atoms with van der Waals surface area (Å²) in [5, 5.41) is 4.48. The number of aromatic nitrogens is 6. The Morgan fingerprint density at radius 1 is 1.15 bits per heavy atom. The lowest BCUT2D eigenvalue weighted by molar-refractivity contribution is 0.00393. The summed E-state index contributed by atoms with van der Waals surface area (Å²) in [4.78, 5) is 22.3. The third kappa shape index (κ3) is 3.44. The first kappa shape index (κ1) is 21.2. The summed E-state index contributed by atoms with van der Waals surface area (Å²) in [6.07, 6.45) is 7.42. The van der Waals surface area contributed by atoms with E-state index in [2.05, 4.69) is 16.3 Å². The van der Waals surface area contributed by atoms with E-state index in [0.29, 0.717) is 42.7 Å². The van der Waals surface area contributed by atoms with Gasteiger partial charge in [-0.2, -0.15) is 5.10 Å². The van der Waals surface area contributed by atoms with Gasteiger partial charge in [0.05, 0.1) is 29.6 Å². The topological polar surface area (TPSA) is 79.2 Å². The largest absolute Gasteiger partial charge is 0.373 e. The second-order valence-electron chi connectivity index (χ2n) is 9.18. The number of hydrogen-bond acceptors (Lipinski definition) is 5. The zero-order chi connectivity index (χ0) is 23.6. The highest BCUT2D eigenvalue weighted by Gasteiger charge is 2.31. The molecule has 1 aromatic carbocycles. The first-order chi connectivity index (χ1) is 16.4. The summed E-state index contributed by atoms with van der Waals surface area (Å²) in [6.45, 7) is 2.32. The number of imidazole rings is 1. The molecule has 4 heterocycles. The van der Waals surface area contributed by atoms with Crippen LogP contribution in [-0.4, -0.2) is 35.3 Å². The van der Waals surface area contributed by atoms with Gasteiger partial charge in [0.15, 0.2) is 11.5 Å². The van der Waals surface area contributed by atoms with Crippen molar-refractivity contribution < 1.29 is 13.5 Å². The molecular weight excluding hydrogens is 442 g/mol. The highest BCUT2D eigenvalue weighted by molar-refractivity contribution is 5.61. The molecule has 34 heavy (non-hydrogen) atoms. The van der Waals surface area contributed by atoms with E-state index in [-0.39, 0.29) is 29.1 Å². The predicted octanol–water partition coefficient (Wildman–Crippen LogP) is 3.85. The van der Waals surface area contributed by atoms with Crippen LogP contribution in [0.15, 0.2) is 35.4 Å². The first-order valence-electron chi connectivity index (χ1n) is 11.5. The number of ether oxygens (including phenoxy) is 1. The Morgan fingerprint density at radius 2 is 1.97 bits per heavy atom. The maximum atomic E-state index is 14.8. The Kier molecular flexibility index (Phi) is 4.87. The van der Waals surface area contributed by atoms with Crippen molar-refractivity contribution in [2.45, 2.75) is 50.7 Å². The molecule has 3 aromatic heterocycles. The summed E-state index contributed by atoms with van der Waals surface area (Å²) in [5.74, 6) is -0.879. The van der Waals surface area contributed by atoms with Gasteiger partial charge in [0.1, 0.15) is 17.5 Å². The molecule has 1 aliphatic carbocycles. The number of nitrogens with zero attached hydrogens (tertiary/aromatic N) is 6. The van der Waals surface area contributed by atoms with Crippen LogP contribution >= 0.6 is 0 Å². The van der Waals surface area contributed by atoms with Crippen molar-refractivity contribution in [3.05, 3.63) is 69.8 Å². The van der Waals surface area contributed by atoms with Crippen LogP contribution in [0, 0.1) is 18.6 Å². The number of rotatable bonds is 4. The Balaban J connectivity index is 1.44. The Hall–Kier alpha value is -3.40. The maximum Gasteiger partial charge on any atom is 0.335 e. The number of benzene rings is 1. The summed E-state index contributed by atoms with van der Waals surface area (Å²) in [5.41, 5.74) is 1.76. The number of halogens is 2. The lowest BCUT2D eigenvalue weighted by atomic mass is 9.92. The SMILES string of the molecule is Cc1c2nc([C@H]3CCO[C@H](c4cnn(C5CC5)c4)C3)nc(-c3ccc(F)cc3F)n2c(=O)n1C. The standard InChI is InChI=1S/C24H24F2N6O2/c1-13-22-28-21(14-7-8-34-20(9-14)15-11-27-31(12-15)17-4-5-17)29-23(32(22)24(33)30(13)2)18-6-3-16(25)10-19(18)26/h3,6,10-12,14,17,20H,4-5,7-9H2,1-2H3/t14-,20-/m0/s1. The highest BCUT2D eigenvalue weighted by Crippen LogP contribution is 2.39. The molecule has 0 unspecified atom stereocenters. The third-order valence-corrected chi connectivity index (χ3v) is 6.90. The highest BCUT2D eigenvalue weighted by atomic mass is 19.1. The van der Waals surface area contributed by atoms with E-state index in [1.54, 1.807) is 14.0 Å². The summed E-state index contributed by atoms with van der Waals surface area (Å²) in [6, 6.07) is 3.76. The van der Waals surface area contributed by atoms with Gasteiger partial charge in [-0.3, -0.25) is 9.25 Å². The normalized spacial score (nSPS) is 20.8. The Bertz CT molecular complexity index is 1470. The van der Waals surface area contributed by atoms with Crippen molar-refractivity contribution in [3.8, 4) is 11.4 Å². The Morgan fingerprint density at radius 3 is 2.74 bits per heavy atom. The zero-order valence-electron chi connectivity index (χ0n) is 18.9. The van der Waals surface area contributed by atoms with Crippen LogP contribution in [0.25, 0.3) is 17.0 Å². The average molecular weight is 466 g/mol. The molecule has 2 atom stereocenters. The molecule has 0 amide bonds. The number of hydrogen-bond donors (Lipinski definition) is 0. The van der Waals surface area contributed by atoms with E-state index < -0.39 is 11.6 Å².